The number of hydrogen-bond acceptors (Lipinski definition) is 3. The Balaban J connectivity index is 1.84. The standard InChI is InChI=1S/C12H11FN2S/c1-14-12-5-11(12,6-12)10-15-8-3-2-7(13)4-9(8)16-10/h2-4,14H,5-6H2,1H3. The molecule has 0 bridgehead atoms. The van der Waals surface area contributed by atoms with Crippen LogP contribution in [0.2, 0.25) is 0 Å². The molecule has 0 unspecified atom stereocenters. The summed E-state index contributed by atoms with van der Waals surface area (Å²) < 4.78 is 14.0. The highest BCUT2D eigenvalue weighted by atomic mass is 32.1. The second-order valence-electron chi connectivity index (χ2n) is 4.90. The van der Waals surface area contributed by atoms with E-state index in [0.29, 0.717) is 11.0 Å². The van der Waals surface area contributed by atoms with Crippen molar-refractivity contribution in [2.75, 3.05) is 7.05 Å². The van der Waals surface area contributed by atoms with Crippen LogP contribution in [0.4, 0.5) is 4.39 Å². The van der Waals surface area contributed by atoms with E-state index in [1.165, 1.54) is 23.9 Å². The molecule has 0 radical (unpaired) electrons. The molecule has 0 saturated heterocycles. The lowest BCUT2D eigenvalue weighted by Gasteiger charge is -1.94. The van der Waals surface area contributed by atoms with E-state index in [2.05, 4.69) is 10.3 Å². The summed E-state index contributed by atoms with van der Waals surface area (Å²) in [5.74, 6) is -0.174. The molecule has 1 N–H and O–H groups in total. The Labute approximate surface area is 96.5 Å². The van der Waals surface area contributed by atoms with E-state index in [-0.39, 0.29) is 5.82 Å². The maximum Gasteiger partial charge on any atom is 0.124 e. The molecule has 0 atom stereocenters. The van der Waals surface area contributed by atoms with Crippen LogP contribution in [0.3, 0.4) is 0 Å². The minimum absolute atomic E-state index is 0.174. The Morgan fingerprint density at radius 3 is 2.94 bits per heavy atom. The number of thiazole rings is 1. The minimum atomic E-state index is -0.174. The Kier molecular flexibility index (Phi) is 1.40. The van der Waals surface area contributed by atoms with Crippen LogP contribution >= 0.6 is 11.3 Å². The summed E-state index contributed by atoms with van der Waals surface area (Å²) in [7, 11) is 2.02. The molecule has 4 rings (SSSR count). The van der Waals surface area contributed by atoms with Gasteiger partial charge in [-0.15, -0.1) is 11.3 Å². The first-order valence-electron chi connectivity index (χ1n) is 5.45. The van der Waals surface area contributed by atoms with Gasteiger partial charge >= 0.3 is 0 Å². The molecule has 1 aromatic heterocycles. The van der Waals surface area contributed by atoms with E-state index in [1.54, 1.807) is 23.5 Å². The summed E-state index contributed by atoms with van der Waals surface area (Å²) in [6.45, 7) is 0. The van der Waals surface area contributed by atoms with Gasteiger partial charge in [-0.1, -0.05) is 0 Å². The summed E-state index contributed by atoms with van der Waals surface area (Å²) in [4.78, 5) is 4.63. The first-order chi connectivity index (χ1) is 7.69. The molecule has 2 fully saturated rings. The third-order valence-corrected chi connectivity index (χ3v) is 5.33. The summed E-state index contributed by atoms with van der Waals surface area (Å²) >= 11 is 1.65. The van der Waals surface area contributed by atoms with E-state index in [9.17, 15) is 4.39 Å². The number of hydrogen-bond donors (Lipinski definition) is 1. The molecule has 2 saturated carbocycles. The van der Waals surface area contributed by atoms with Crippen LogP contribution in [0.1, 0.15) is 17.8 Å². The van der Waals surface area contributed by atoms with E-state index >= 15 is 0 Å². The number of aromatic nitrogens is 1. The average molecular weight is 234 g/mol. The predicted octanol–water partition coefficient (Wildman–Crippen LogP) is 2.44. The molecule has 2 aliphatic rings. The molecule has 2 nitrogen and oxygen atoms in total. The molecule has 2 aromatic rings. The van der Waals surface area contributed by atoms with Gasteiger partial charge in [-0.3, -0.25) is 0 Å². The summed E-state index contributed by atoms with van der Waals surface area (Å²) in [6.07, 6.45) is 2.39. The summed E-state index contributed by atoms with van der Waals surface area (Å²) in [5.41, 5.74) is 1.56. The van der Waals surface area contributed by atoms with Gasteiger partial charge in [0.15, 0.2) is 0 Å². The minimum Gasteiger partial charge on any atom is -0.313 e. The zero-order chi connectivity index (χ0) is 11.0. The molecule has 16 heavy (non-hydrogen) atoms. The van der Waals surface area contributed by atoms with Crippen LogP contribution in [-0.2, 0) is 5.41 Å². The van der Waals surface area contributed by atoms with Gasteiger partial charge in [-0.05, 0) is 38.1 Å². The molecule has 82 valence electrons. The van der Waals surface area contributed by atoms with Gasteiger partial charge in [0.25, 0.3) is 0 Å². The molecular weight excluding hydrogens is 223 g/mol. The molecule has 0 amide bonds. The fourth-order valence-corrected chi connectivity index (χ4v) is 4.04. The van der Waals surface area contributed by atoms with Gasteiger partial charge in [0.2, 0.25) is 0 Å². The maximum atomic E-state index is 13.1. The lowest BCUT2D eigenvalue weighted by molar-refractivity contribution is 0.630. The SMILES string of the molecule is CNC12CC1(c1nc3ccc(F)cc3s1)C2. The fraction of sp³-hybridized carbons (Fsp3) is 0.417. The van der Waals surface area contributed by atoms with Gasteiger partial charge in [0.05, 0.1) is 10.2 Å². The van der Waals surface area contributed by atoms with Gasteiger partial charge in [-0.25, -0.2) is 9.37 Å². The first-order valence-corrected chi connectivity index (χ1v) is 6.26. The highest BCUT2D eigenvalue weighted by molar-refractivity contribution is 7.18. The normalized spacial score (nSPS) is 35.1. The monoisotopic (exact) mass is 234 g/mol. The molecule has 0 aliphatic heterocycles. The van der Waals surface area contributed by atoms with Crippen molar-refractivity contribution in [2.45, 2.75) is 23.8 Å². The summed E-state index contributed by atoms with van der Waals surface area (Å²) in [6, 6.07) is 4.83. The smallest absolute Gasteiger partial charge is 0.124 e. The van der Waals surface area contributed by atoms with Crippen LogP contribution < -0.4 is 5.32 Å². The number of benzene rings is 1. The third-order valence-electron chi connectivity index (χ3n) is 4.11. The van der Waals surface area contributed by atoms with Gasteiger partial charge in [0.1, 0.15) is 10.8 Å². The maximum absolute atomic E-state index is 13.1. The van der Waals surface area contributed by atoms with Crippen molar-refractivity contribution in [3.8, 4) is 0 Å². The number of nitrogens with one attached hydrogen (secondary N) is 1. The zero-order valence-corrected chi connectivity index (χ0v) is 9.70. The Morgan fingerprint density at radius 2 is 2.25 bits per heavy atom. The fourth-order valence-electron chi connectivity index (χ4n) is 2.77. The van der Waals surface area contributed by atoms with Crippen molar-refractivity contribution in [3.05, 3.63) is 29.0 Å². The van der Waals surface area contributed by atoms with Crippen LogP contribution in [-0.4, -0.2) is 17.6 Å². The number of rotatable bonds is 2. The first kappa shape index (κ1) is 9.07. The highest BCUT2D eigenvalue weighted by Gasteiger charge is 2.84. The quantitative estimate of drug-likeness (QED) is 0.863. The lowest BCUT2D eigenvalue weighted by atomic mass is 10.2. The van der Waals surface area contributed by atoms with E-state index in [0.717, 1.165) is 10.2 Å². The van der Waals surface area contributed by atoms with E-state index in [1.807, 2.05) is 7.05 Å². The molecule has 4 heteroatoms. The average Bonchev–Trinajstić information content (AvgIpc) is 3.01. The molecule has 1 aromatic carbocycles. The second-order valence-corrected chi connectivity index (χ2v) is 5.93. The Morgan fingerprint density at radius 1 is 1.44 bits per heavy atom. The van der Waals surface area contributed by atoms with Crippen LogP contribution in [0.15, 0.2) is 18.2 Å². The van der Waals surface area contributed by atoms with E-state index < -0.39 is 0 Å². The Hall–Kier alpha value is -1.000. The number of likely N-dealkylation sites (N-methyl/N-ethyl adjacent to an activating group) is 1. The lowest BCUT2D eigenvalue weighted by Crippen LogP contribution is -2.16. The van der Waals surface area contributed by atoms with Crippen LogP contribution in [0, 0.1) is 5.82 Å². The molecule has 2 aliphatic carbocycles. The highest BCUT2D eigenvalue weighted by Crippen LogP contribution is 2.78. The Bertz CT molecular complexity index is 598. The van der Waals surface area contributed by atoms with Gasteiger partial charge in [-0.2, -0.15) is 0 Å². The van der Waals surface area contributed by atoms with Crippen molar-refractivity contribution in [3.63, 3.8) is 0 Å². The summed E-state index contributed by atoms with van der Waals surface area (Å²) in [5, 5.41) is 4.56. The number of nitrogens with zero attached hydrogens (tertiary/aromatic N) is 1. The van der Waals surface area contributed by atoms with Crippen molar-refractivity contribution in [1.82, 2.24) is 10.3 Å². The van der Waals surface area contributed by atoms with Crippen LogP contribution in [0.5, 0.6) is 0 Å². The predicted molar refractivity (Wildman–Crippen MR) is 62.3 cm³/mol. The van der Waals surface area contributed by atoms with Crippen molar-refractivity contribution in [2.24, 2.45) is 0 Å². The largest absolute Gasteiger partial charge is 0.313 e. The number of fused-ring (bicyclic) bond motifs is 2. The van der Waals surface area contributed by atoms with Gasteiger partial charge < -0.3 is 5.32 Å². The van der Waals surface area contributed by atoms with E-state index in [4.69, 9.17) is 0 Å². The van der Waals surface area contributed by atoms with Crippen molar-refractivity contribution in [1.29, 1.82) is 0 Å². The zero-order valence-electron chi connectivity index (χ0n) is 8.88. The molecular formula is C12H11FN2S. The van der Waals surface area contributed by atoms with Crippen LogP contribution in [0.25, 0.3) is 10.2 Å². The second kappa shape index (κ2) is 2.46. The van der Waals surface area contributed by atoms with Crippen molar-refractivity contribution < 1.29 is 4.39 Å². The van der Waals surface area contributed by atoms with Gasteiger partial charge in [0, 0.05) is 11.0 Å². The molecule has 1 heterocycles. The topological polar surface area (TPSA) is 24.9 Å². The third kappa shape index (κ3) is 0.885. The molecule has 0 spiro atoms. The van der Waals surface area contributed by atoms with Crippen molar-refractivity contribution >= 4 is 21.6 Å². The number of halogens is 1.